The monoisotopic (exact) mass is 352 g/mol. The molecule has 128 valence electrons. The predicted octanol–water partition coefficient (Wildman–Crippen LogP) is 3.25. The standard InChI is InChI=1S/C15H16ClF3O4/c1-3-23-13(21)9(2)12(20)8-14(22,15(17,18)19)10-4-6-11(16)7-5-10/h4-7,9,22H,3,8H2,1-2H3/t9-,14?/m0/s1. The van der Waals surface area contributed by atoms with Gasteiger partial charge in [-0.15, -0.1) is 0 Å². The van der Waals surface area contributed by atoms with Crippen LogP contribution in [-0.4, -0.2) is 29.6 Å². The van der Waals surface area contributed by atoms with E-state index in [0.29, 0.717) is 0 Å². The summed E-state index contributed by atoms with van der Waals surface area (Å²) >= 11 is 5.62. The summed E-state index contributed by atoms with van der Waals surface area (Å²) in [5.74, 6) is -3.41. The SMILES string of the molecule is CCOC(=O)[C@@H](C)C(=O)CC(O)(c1ccc(Cl)cc1)C(F)(F)F. The number of benzene rings is 1. The molecule has 0 fully saturated rings. The van der Waals surface area contributed by atoms with Crippen LogP contribution in [0.2, 0.25) is 5.02 Å². The number of hydrogen-bond donors (Lipinski definition) is 1. The minimum absolute atomic E-state index is 0.00280. The van der Waals surface area contributed by atoms with Crippen molar-refractivity contribution in [3.05, 3.63) is 34.9 Å². The summed E-state index contributed by atoms with van der Waals surface area (Å²) in [6, 6.07) is 4.32. The predicted molar refractivity (Wildman–Crippen MR) is 76.8 cm³/mol. The zero-order valence-electron chi connectivity index (χ0n) is 12.5. The lowest BCUT2D eigenvalue weighted by atomic mass is 9.85. The second kappa shape index (κ2) is 7.31. The van der Waals surface area contributed by atoms with Crippen LogP contribution in [0.3, 0.4) is 0 Å². The van der Waals surface area contributed by atoms with Crippen LogP contribution in [0.4, 0.5) is 13.2 Å². The molecule has 1 rings (SSSR count). The second-order valence-electron chi connectivity index (χ2n) is 4.98. The molecule has 0 radical (unpaired) electrons. The minimum Gasteiger partial charge on any atom is -0.465 e. The van der Waals surface area contributed by atoms with Crippen LogP contribution in [0.5, 0.6) is 0 Å². The van der Waals surface area contributed by atoms with Crippen molar-refractivity contribution in [3.63, 3.8) is 0 Å². The number of carbonyl (C=O) groups is 2. The third kappa shape index (κ3) is 4.45. The van der Waals surface area contributed by atoms with Crippen LogP contribution in [0.25, 0.3) is 0 Å². The maximum absolute atomic E-state index is 13.3. The fourth-order valence-electron chi connectivity index (χ4n) is 1.90. The lowest BCUT2D eigenvalue weighted by Gasteiger charge is -2.31. The van der Waals surface area contributed by atoms with E-state index in [4.69, 9.17) is 11.6 Å². The molecule has 0 heterocycles. The van der Waals surface area contributed by atoms with Crippen molar-refractivity contribution in [2.45, 2.75) is 32.0 Å². The highest BCUT2D eigenvalue weighted by Gasteiger charge is 2.56. The van der Waals surface area contributed by atoms with Crippen molar-refractivity contribution < 1.29 is 32.6 Å². The van der Waals surface area contributed by atoms with E-state index in [2.05, 4.69) is 4.74 Å². The molecule has 0 aliphatic rings. The van der Waals surface area contributed by atoms with E-state index in [1.54, 1.807) is 0 Å². The first-order valence-electron chi connectivity index (χ1n) is 6.77. The van der Waals surface area contributed by atoms with Gasteiger partial charge in [0.1, 0.15) is 11.7 Å². The number of Topliss-reactive ketones (excluding diaryl/α,β-unsaturated/α-hetero) is 1. The molecular formula is C15H16ClF3O4. The molecule has 1 unspecified atom stereocenters. The molecule has 0 amide bonds. The van der Waals surface area contributed by atoms with Crippen LogP contribution in [-0.2, 0) is 19.9 Å². The van der Waals surface area contributed by atoms with Gasteiger partial charge in [-0.25, -0.2) is 0 Å². The summed E-state index contributed by atoms with van der Waals surface area (Å²) < 4.78 is 44.5. The number of alkyl halides is 3. The number of hydrogen-bond acceptors (Lipinski definition) is 4. The van der Waals surface area contributed by atoms with Crippen LogP contribution in [0.1, 0.15) is 25.8 Å². The van der Waals surface area contributed by atoms with Crippen LogP contribution in [0.15, 0.2) is 24.3 Å². The third-order valence-electron chi connectivity index (χ3n) is 3.34. The first-order chi connectivity index (χ1) is 10.5. The molecule has 1 aromatic carbocycles. The molecule has 0 aliphatic heterocycles. The highest BCUT2D eigenvalue weighted by atomic mass is 35.5. The van der Waals surface area contributed by atoms with Gasteiger partial charge in [0.25, 0.3) is 0 Å². The van der Waals surface area contributed by atoms with Gasteiger partial charge >= 0.3 is 12.1 Å². The van der Waals surface area contributed by atoms with E-state index in [1.165, 1.54) is 19.1 Å². The molecule has 1 aromatic rings. The second-order valence-corrected chi connectivity index (χ2v) is 5.42. The van der Waals surface area contributed by atoms with Crippen LogP contribution in [0, 0.1) is 5.92 Å². The van der Waals surface area contributed by atoms with Gasteiger partial charge in [0.05, 0.1) is 6.61 Å². The summed E-state index contributed by atoms with van der Waals surface area (Å²) in [6.07, 6.45) is -6.40. The lowest BCUT2D eigenvalue weighted by Crippen LogP contribution is -2.45. The maximum Gasteiger partial charge on any atom is 0.421 e. The Kier molecular flexibility index (Phi) is 6.18. The zero-order valence-corrected chi connectivity index (χ0v) is 13.2. The molecule has 0 aliphatic carbocycles. The quantitative estimate of drug-likeness (QED) is 0.630. The fraction of sp³-hybridized carbons (Fsp3) is 0.467. The zero-order chi connectivity index (χ0) is 17.8. The number of halogens is 4. The molecule has 8 heteroatoms. The minimum atomic E-state index is -5.11. The van der Waals surface area contributed by atoms with E-state index >= 15 is 0 Å². The van der Waals surface area contributed by atoms with Gasteiger partial charge in [-0.05, 0) is 31.5 Å². The Labute approximate surface area is 136 Å². The van der Waals surface area contributed by atoms with E-state index in [1.807, 2.05) is 0 Å². The molecule has 1 N–H and O–H groups in total. The van der Waals surface area contributed by atoms with Crippen molar-refractivity contribution in [3.8, 4) is 0 Å². The van der Waals surface area contributed by atoms with Crippen LogP contribution >= 0.6 is 11.6 Å². The van der Waals surface area contributed by atoms with Gasteiger partial charge in [0.15, 0.2) is 5.60 Å². The van der Waals surface area contributed by atoms with Crippen molar-refractivity contribution >= 4 is 23.4 Å². The Morgan fingerprint density at radius 3 is 2.22 bits per heavy atom. The number of esters is 1. The first-order valence-corrected chi connectivity index (χ1v) is 7.15. The number of carbonyl (C=O) groups excluding carboxylic acids is 2. The van der Waals surface area contributed by atoms with E-state index < -0.39 is 41.4 Å². The average molecular weight is 353 g/mol. The highest BCUT2D eigenvalue weighted by molar-refractivity contribution is 6.30. The Hall–Kier alpha value is -1.60. The summed E-state index contributed by atoms with van der Waals surface area (Å²) in [6.45, 7) is 2.64. The maximum atomic E-state index is 13.3. The largest absolute Gasteiger partial charge is 0.465 e. The Bertz CT molecular complexity index is 571. The number of ether oxygens (including phenoxy) is 1. The van der Waals surface area contributed by atoms with E-state index in [-0.39, 0.29) is 11.6 Å². The van der Waals surface area contributed by atoms with Gasteiger partial charge in [0.2, 0.25) is 0 Å². The molecular weight excluding hydrogens is 337 g/mol. The van der Waals surface area contributed by atoms with Crippen molar-refractivity contribution in [1.82, 2.24) is 0 Å². The average Bonchev–Trinajstić information content (AvgIpc) is 2.45. The Balaban J connectivity index is 3.11. The molecule has 0 saturated carbocycles. The molecule has 0 aromatic heterocycles. The van der Waals surface area contributed by atoms with E-state index in [9.17, 15) is 27.9 Å². The molecule has 0 bridgehead atoms. The van der Waals surface area contributed by atoms with Gasteiger partial charge in [-0.3, -0.25) is 9.59 Å². The molecule has 23 heavy (non-hydrogen) atoms. The number of ketones is 1. The number of rotatable bonds is 6. The normalized spacial score (nSPS) is 15.6. The number of aliphatic hydroxyl groups is 1. The molecule has 4 nitrogen and oxygen atoms in total. The lowest BCUT2D eigenvalue weighted by molar-refractivity contribution is -0.267. The summed E-state index contributed by atoms with van der Waals surface area (Å²) in [4.78, 5) is 23.5. The Morgan fingerprint density at radius 1 is 1.26 bits per heavy atom. The van der Waals surface area contributed by atoms with E-state index in [0.717, 1.165) is 19.1 Å². The summed E-state index contributed by atoms with van der Waals surface area (Å²) in [7, 11) is 0. The van der Waals surface area contributed by atoms with Gasteiger partial charge in [-0.1, -0.05) is 23.7 Å². The van der Waals surface area contributed by atoms with Crippen LogP contribution < -0.4 is 0 Å². The Morgan fingerprint density at radius 2 is 1.78 bits per heavy atom. The smallest absolute Gasteiger partial charge is 0.421 e. The molecule has 0 spiro atoms. The third-order valence-corrected chi connectivity index (χ3v) is 3.60. The van der Waals surface area contributed by atoms with Crippen molar-refractivity contribution in [2.75, 3.05) is 6.61 Å². The topological polar surface area (TPSA) is 63.6 Å². The van der Waals surface area contributed by atoms with Gasteiger partial charge in [-0.2, -0.15) is 13.2 Å². The fourth-order valence-corrected chi connectivity index (χ4v) is 2.02. The van der Waals surface area contributed by atoms with Gasteiger partial charge < -0.3 is 9.84 Å². The summed E-state index contributed by atoms with van der Waals surface area (Å²) in [5.41, 5.74) is -3.94. The molecule has 2 atom stereocenters. The first kappa shape index (κ1) is 19.4. The molecule has 0 saturated heterocycles. The van der Waals surface area contributed by atoms with Crippen molar-refractivity contribution in [2.24, 2.45) is 5.92 Å². The van der Waals surface area contributed by atoms with Crippen molar-refractivity contribution in [1.29, 1.82) is 0 Å². The summed E-state index contributed by atoms with van der Waals surface area (Å²) in [5, 5.41) is 10.3. The van der Waals surface area contributed by atoms with Gasteiger partial charge in [0, 0.05) is 11.4 Å². The highest BCUT2D eigenvalue weighted by Crippen LogP contribution is 2.42.